The molecule has 22 heavy (non-hydrogen) atoms. The number of nitrogens with zero attached hydrogens (tertiary/aromatic N) is 2. The van der Waals surface area contributed by atoms with E-state index in [2.05, 4.69) is 9.98 Å². The molecule has 116 valence electrons. The Morgan fingerprint density at radius 1 is 1.36 bits per heavy atom. The number of allylic oxidation sites excluding steroid dienone is 5. The Bertz CT molecular complexity index is 626. The summed E-state index contributed by atoms with van der Waals surface area (Å²) in [6, 6.07) is 3.67. The molecule has 3 N–H and O–H groups in total. The monoisotopic (exact) mass is 315 g/mol. The van der Waals surface area contributed by atoms with E-state index in [1.807, 2.05) is 37.3 Å². The van der Waals surface area contributed by atoms with Crippen molar-refractivity contribution < 1.29 is 5.11 Å². The number of pyridine rings is 1. The van der Waals surface area contributed by atoms with E-state index in [1.54, 1.807) is 38.4 Å². The van der Waals surface area contributed by atoms with Crippen molar-refractivity contribution in [2.24, 2.45) is 4.99 Å². The highest BCUT2D eigenvalue weighted by atomic mass is 32.2. The number of thioether (sulfide) groups is 1. The maximum absolute atomic E-state index is 9.46. The van der Waals surface area contributed by atoms with Crippen LogP contribution in [0.15, 0.2) is 64.4 Å². The van der Waals surface area contributed by atoms with Crippen molar-refractivity contribution in [1.82, 2.24) is 4.98 Å². The Labute approximate surface area is 135 Å². The van der Waals surface area contributed by atoms with Crippen molar-refractivity contribution in [2.75, 3.05) is 12.8 Å². The highest BCUT2D eigenvalue weighted by Gasteiger charge is 1.97. The van der Waals surface area contributed by atoms with Crippen LogP contribution in [0.5, 0.6) is 0 Å². The van der Waals surface area contributed by atoms with E-state index in [9.17, 15) is 5.11 Å². The maximum Gasteiger partial charge on any atom is 0.123 e. The summed E-state index contributed by atoms with van der Waals surface area (Å²) in [4.78, 5) is 9.19. The molecule has 0 bridgehead atoms. The second-order valence-electron chi connectivity index (χ2n) is 4.37. The first kappa shape index (κ1) is 17.8. The van der Waals surface area contributed by atoms with Crippen molar-refractivity contribution in [3.63, 3.8) is 0 Å². The van der Waals surface area contributed by atoms with Crippen LogP contribution in [0.1, 0.15) is 19.4 Å². The molecule has 1 heterocycles. The lowest BCUT2D eigenvalue weighted by Crippen LogP contribution is -1.88. The first-order valence-corrected chi connectivity index (χ1v) is 7.61. The van der Waals surface area contributed by atoms with E-state index in [0.29, 0.717) is 5.82 Å². The fourth-order valence-corrected chi connectivity index (χ4v) is 2.21. The van der Waals surface area contributed by atoms with Crippen LogP contribution in [0.2, 0.25) is 0 Å². The van der Waals surface area contributed by atoms with Gasteiger partial charge in [0.1, 0.15) is 11.6 Å². The van der Waals surface area contributed by atoms with Gasteiger partial charge in [-0.05, 0) is 54.7 Å². The summed E-state index contributed by atoms with van der Waals surface area (Å²) in [5.74, 6) is 0.760. The zero-order chi connectivity index (χ0) is 16.4. The van der Waals surface area contributed by atoms with Gasteiger partial charge in [-0.25, -0.2) is 4.98 Å². The number of anilines is 1. The Kier molecular flexibility index (Phi) is 7.78. The molecule has 4 nitrogen and oxygen atoms in total. The minimum absolute atomic E-state index is 0.250. The topological polar surface area (TPSA) is 71.5 Å². The first-order valence-electron chi connectivity index (χ1n) is 6.79. The Morgan fingerprint density at radius 3 is 2.73 bits per heavy atom. The SMILES string of the molecule is C/C=C(O)\C=C(/C)SC(/C=C/C=C/c1ccc(N)nc1)=N\C. The van der Waals surface area contributed by atoms with Crippen LogP contribution in [0.4, 0.5) is 5.82 Å². The van der Waals surface area contributed by atoms with E-state index in [1.165, 1.54) is 11.8 Å². The molecule has 1 rings (SSSR count). The van der Waals surface area contributed by atoms with Gasteiger partial charge >= 0.3 is 0 Å². The fourth-order valence-electron chi connectivity index (χ4n) is 1.46. The van der Waals surface area contributed by atoms with Crippen molar-refractivity contribution in [3.05, 3.63) is 64.9 Å². The van der Waals surface area contributed by atoms with E-state index < -0.39 is 0 Å². The van der Waals surface area contributed by atoms with Gasteiger partial charge in [0.15, 0.2) is 0 Å². The van der Waals surface area contributed by atoms with Crippen molar-refractivity contribution in [3.8, 4) is 0 Å². The third-order valence-electron chi connectivity index (χ3n) is 2.58. The summed E-state index contributed by atoms with van der Waals surface area (Å²) in [5.41, 5.74) is 6.52. The molecule has 1 aromatic heterocycles. The van der Waals surface area contributed by atoms with Gasteiger partial charge < -0.3 is 10.8 Å². The van der Waals surface area contributed by atoms with Gasteiger partial charge in [-0.2, -0.15) is 0 Å². The highest BCUT2D eigenvalue weighted by molar-refractivity contribution is 8.17. The number of hydrogen-bond acceptors (Lipinski definition) is 5. The van der Waals surface area contributed by atoms with E-state index in [0.717, 1.165) is 15.5 Å². The molecule has 5 heteroatoms. The van der Waals surface area contributed by atoms with Crippen LogP contribution in [0.3, 0.4) is 0 Å². The molecule has 0 unspecified atom stereocenters. The summed E-state index contributed by atoms with van der Waals surface area (Å²) < 4.78 is 0. The summed E-state index contributed by atoms with van der Waals surface area (Å²) in [6.07, 6.45) is 12.8. The Morgan fingerprint density at radius 2 is 2.14 bits per heavy atom. The van der Waals surface area contributed by atoms with Crippen LogP contribution >= 0.6 is 11.8 Å². The number of rotatable bonds is 5. The molecule has 0 fully saturated rings. The third kappa shape index (κ3) is 6.95. The number of aliphatic hydroxyl groups is 1. The molecule has 0 amide bonds. The lowest BCUT2D eigenvalue weighted by Gasteiger charge is -2.00. The summed E-state index contributed by atoms with van der Waals surface area (Å²) >= 11 is 1.50. The van der Waals surface area contributed by atoms with Crippen LogP contribution < -0.4 is 5.73 Å². The summed E-state index contributed by atoms with van der Waals surface area (Å²) in [7, 11) is 1.74. The predicted molar refractivity (Wildman–Crippen MR) is 97.9 cm³/mol. The number of nitrogen functional groups attached to an aromatic ring is 1. The highest BCUT2D eigenvalue weighted by Crippen LogP contribution is 2.19. The molecule has 0 saturated carbocycles. The standard InChI is InChI=1S/C17H21N3OS/c1-4-15(21)11-13(2)22-17(19-3)8-6-5-7-14-9-10-16(18)20-12-14/h4-12,21H,1-3H3,(H2,18,20)/b7-5+,8-6+,13-11+,15-4+,19-17-. The fraction of sp³-hybridized carbons (Fsp3) is 0.176. The van der Waals surface area contributed by atoms with Gasteiger partial charge in [-0.3, -0.25) is 4.99 Å². The molecule has 0 atom stereocenters. The van der Waals surface area contributed by atoms with Crippen molar-refractivity contribution in [1.29, 1.82) is 0 Å². The quantitative estimate of drug-likeness (QED) is 0.366. The van der Waals surface area contributed by atoms with E-state index >= 15 is 0 Å². The molecule has 0 spiro atoms. The van der Waals surface area contributed by atoms with Crippen molar-refractivity contribution in [2.45, 2.75) is 13.8 Å². The van der Waals surface area contributed by atoms with E-state index in [-0.39, 0.29) is 5.76 Å². The molecule has 0 radical (unpaired) electrons. The maximum atomic E-state index is 9.46. The lowest BCUT2D eigenvalue weighted by molar-refractivity contribution is 0.431. The molecule has 1 aromatic rings. The molecule has 0 aromatic carbocycles. The van der Waals surface area contributed by atoms with Gasteiger partial charge in [-0.1, -0.05) is 30.0 Å². The second-order valence-corrected chi connectivity index (χ2v) is 5.63. The summed E-state index contributed by atoms with van der Waals surface area (Å²) in [6.45, 7) is 3.72. The van der Waals surface area contributed by atoms with Gasteiger partial charge in [-0.15, -0.1) is 0 Å². The van der Waals surface area contributed by atoms with Gasteiger partial charge in [0.05, 0.1) is 5.04 Å². The zero-order valence-corrected chi connectivity index (χ0v) is 13.8. The van der Waals surface area contributed by atoms with Crippen LogP contribution in [-0.2, 0) is 0 Å². The number of nitrogens with two attached hydrogens (primary N) is 1. The summed E-state index contributed by atoms with van der Waals surface area (Å²) in [5, 5.41) is 10.3. The van der Waals surface area contributed by atoms with Crippen LogP contribution in [-0.4, -0.2) is 22.2 Å². The van der Waals surface area contributed by atoms with Gasteiger partial charge in [0.25, 0.3) is 0 Å². The van der Waals surface area contributed by atoms with Gasteiger partial charge in [0.2, 0.25) is 0 Å². The normalized spacial score (nSPS) is 14.2. The number of aliphatic hydroxyl groups excluding tert-OH is 1. The molecule has 0 saturated heterocycles. The Hall–Kier alpha value is -2.27. The van der Waals surface area contributed by atoms with Crippen molar-refractivity contribution >= 4 is 28.7 Å². The predicted octanol–water partition coefficient (Wildman–Crippen LogP) is 4.36. The second kappa shape index (κ2) is 9.63. The Balaban J connectivity index is 2.63. The van der Waals surface area contributed by atoms with Gasteiger partial charge in [0, 0.05) is 13.2 Å². The zero-order valence-electron chi connectivity index (χ0n) is 13.0. The average Bonchev–Trinajstić information content (AvgIpc) is 2.51. The number of aromatic nitrogens is 1. The molecule has 0 aliphatic rings. The lowest BCUT2D eigenvalue weighted by atomic mass is 10.2. The largest absolute Gasteiger partial charge is 0.508 e. The average molecular weight is 315 g/mol. The minimum Gasteiger partial charge on any atom is -0.508 e. The minimum atomic E-state index is 0.250. The number of aliphatic imine (C=N–C) groups is 1. The molecule has 0 aliphatic heterocycles. The van der Waals surface area contributed by atoms with Crippen LogP contribution in [0, 0.1) is 0 Å². The first-order chi connectivity index (χ1) is 10.5. The van der Waals surface area contributed by atoms with Crippen LogP contribution in [0.25, 0.3) is 6.08 Å². The van der Waals surface area contributed by atoms with E-state index in [4.69, 9.17) is 5.73 Å². The molecular weight excluding hydrogens is 294 g/mol. The third-order valence-corrected chi connectivity index (χ3v) is 3.55. The smallest absolute Gasteiger partial charge is 0.123 e. The molecular formula is C17H21N3OS. The number of hydrogen-bond donors (Lipinski definition) is 2. The molecule has 0 aliphatic carbocycles.